The topological polar surface area (TPSA) is 55.5 Å². The van der Waals surface area contributed by atoms with E-state index in [1.54, 1.807) is 12.1 Å². The molecular formula is C18H20ClFN2OS2. The molecule has 25 heavy (non-hydrogen) atoms. The summed E-state index contributed by atoms with van der Waals surface area (Å²) in [5.41, 5.74) is 7.56. The van der Waals surface area contributed by atoms with Gasteiger partial charge in [0.2, 0.25) is 0 Å². The SMILES string of the molecule is Cc1csc(C(=O)Cc2ccc(F)c([C@]3(C)CCSC(N)=N3)c2)c1.Cl. The van der Waals surface area contributed by atoms with Gasteiger partial charge >= 0.3 is 0 Å². The molecule has 0 saturated heterocycles. The van der Waals surface area contributed by atoms with E-state index in [0.29, 0.717) is 10.7 Å². The molecule has 0 unspecified atom stereocenters. The summed E-state index contributed by atoms with van der Waals surface area (Å²) in [7, 11) is 0. The van der Waals surface area contributed by atoms with Gasteiger partial charge in [0, 0.05) is 17.7 Å². The van der Waals surface area contributed by atoms with Gasteiger partial charge in [-0.25, -0.2) is 4.39 Å². The fourth-order valence-electron chi connectivity index (χ4n) is 2.83. The first kappa shape index (κ1) is 19.9. The smallest absolute Gasteiger partial charge is 0.177 e. The maximum Gasteiger partial charge on any atom is 0.177 e. The zero-order chi connectivity index (χ0) is 17.3. The Bertz CT molecular complexity index is 821. The number of benzene rings is 1. The minimum absolute atomic E-state index is 0. The number of ketones is 1. The molecule has 134 valence electrons. The first-order valence-electron chi connectivity index (χ1n) is 7.73. The Morgan fingerprint density at radius 3 is 2.80 bits per heavy atom. The Balaban J connectivity index is 0.00000225. The van der Waals surface area contributed by atoms with Crippen molar-refractivity contribution in [3.05, 3.63) is 57.0 Å². The standard InChI is InChI=1S/C18H19FN2OS2.ClH/c1-11-7-16(24-10-11)15(22)9-12-3-4-14(19)13(8-12)18(2)5-6-23-17(20)21-18;/h3-4,7-8,10H,5-6,9H2,1-2H3,(H2,20,21);1H/t18-;/m0./s1. The minimum atomic E-state index is -0.669. The van der Waals surface area contributed by atoms with Gasteiger partial charge in [-0.15, -0.1) is 23.7 Å². The average Bonchev–Trinajstić information content (AvgIpc) is 2.95. The number of halogens is 2. The molecule has 0 amide bonds. The van der Waals surface area contributed by atoms with Gasteiger partial charge in [0.1, 0.15) is 5.82 Å². The van der Waals surface area contributed by atoms with Crippen LogP contribution in [0.4, 0.5) is 4.39 Å². The number of thiophene rings is 1. The maximum atomic E-state index is 14.4. The van der Waals surface area contributed by atoms with Crippen molar-refractivity contribution in [3.63, 3.8) is 0 Å². The molecule has 1 aliphatic rings. The van der Waals surface area contributed by atoms with E-state index in [4.69, 9.17) is 5.73 Å². The van der Waals surface area contributed by atoms with Crippen LogP contribution in [-0.4, -0.2) is 16.7 Å². The molecule has 2 heterocycles. The molecule has 1 atom stereocenters. The number of hydrogen-bond acceptors (Lipinski definition) is 5. The van der Waals surface area contributed by atoms with Gasteiger partial charge in [-0.3, -0.25) is 9.79 Å². The number of amidine groups is 1. The monoisotopic (exact) mass is 398 g/mol. The number of thioether (sulfide) groups is 1. The predicted octanol–water partition coefficient (Wildman–Crippen LogP) is 4.71. The van der Waals surface area contributed by atoms with Gasteiger partial charge < -0.3 is 5.73 Å². The first-order valence-corrected chi connectivity index (χ1v) is 9.59. The zero-order valence-corrected chi connectivity index (χ0v) is 16.5. The molecule has 1 aromatic heterocycles. The number of carbonyl (C=O) groups is 1. The van der Waals surface area contributed by atoms with Crippen LogP contribution in [0.15, 0.2) is 34.6 Å². The van der Waals surface area contributed by atoms with Crippen LogP contribution >= 0.6 is 35.5 Å². The minimum Gasteiger partial charge on any atom is -0.379 e. The Kier molecular flexibility index (Phi) is 6.30. The molecular weight excluding hydrogens is 379 g/mol. The summed E-state index contributed by atoms with van der Waals surface area (Å²) in [5, 5.41) is 2.44. The van der Waals surface area contributed by atoms with Gasteiger partial charge in [0.15, 0.2) is 11.0 Å². The summed E-state index contributed by atoms with van der Waals surface area (Å²) in [5.74, 6) is 0.560. The highest BCUT2D eigenvalue weighted by atomic mass is 35.5. The van der Waals surface area contributed by atoms with Crippen molar-refractivity contribution in [1.82, 2.24) is 0 Å². The van der Waals surface area contributed by atoms with E-state index in [1.807, 2.05) is 25.3 Å². The Labute approximate surface area is 161 Å². The van der Waals surface area contributed by atoms with Gasteiger partial charge in [0.05, 0.1) is 10.4 Å². The predicted molar refractivity (Wildman–Crippen MR) is 107 cm³/mol. The fourth-order valence-corrected chi connectivity index (χ4v) is 4.64. The molecule has 0 radical (unpaired) electrons. The molecule has 1 aliphatic heterocycles. The number of hydrogen-bond donors (Lipinski definition) is 1. The van der Waals surface area contributed by atoms with Crippen molar-refractivity contribution in [1.29, 1.82) is 0 Å². The van der Waals surface area contributed by atoms with E-state index in [-0.39, 0.29) is 30.4 Å². The van der Waals surface area contributed by atoms with E-state index >= 15 is 0 Å². The highest BCUT2D eigenvalue weighted by Crippen LogP contribution is 2.36. The Morgan fingerprint density at radius 2 is 2.16 bits per heavy atom. The number of aryl methyl sites for hydroxylation is 1. The number of nitrogens with two attached hydrogens (primary N) is 1. The third kappa shape index (κ3) is 4.43. The van der Waals surface area contributed by atoms with E-state index in [1.165, 1.54) is 29.2 Å². The number of Topliss-reactive ketones (excluding diaryl/α,β-unsaturated/α-hetero) is 1. The van der Waals surface area contributed by atoms with Crippen LogP contribution < -0.4 is 5.73 Å². The second-order valence-electron chi connectivity index (χ2n) is 6.22. The molecule has 2 N–H and O–H groups in total. The number of carbonyl (C=O) groups excluding carboxylic acids is 1. The molecule has 0 spiro atoms. The molecule has 0 saturated carbocycles. The summed E-state index contributed by atoms with van der Waals surface area (Å²) >= 11 is 2.94. The highest BCUT2D eigenvalue weighted by Gasteiger charge is 2.32. The van der Waals surface area contributed by atoms with E-state index in [2.05, 4.69) is 4.99 Å². The molecule has 7 heteroatoms. The van der Waals surface area contributed by atoms with Crippen molar-refractivity contribution in [3.8, 4) is 0 Å². The summed E-state index contributed by atoms with van der Waals surface area (Å²) in [6.45, 7) is 3.86. The summed E-state index contributed by atoms with van der Waals surface area (Å²) < 4.78 is 14.4. The van der Waals surface area contributed by atoms with Crippen molar-refractivity contribution in [2.45, 2.75) is 32.2 Å². The number of rotatable bonds is 4. The van der Waals surface area contributed by atoms with Gasteiger partial charge in [0.25, 0.3) is 0 Å². The van der Waals surface area contributed by atoms with Crippen molar-refractivity contribution in [2.75, 3.05) is 5.75 Å². The molecule has 0 bridgehead atoms. The Hall–Kier alpha value is -1.37. The van der Waals surface area contributed by atoms with Crippen LogP contribution in [0.5, 0.6) is 0 Å². The van der Waals surface area contributed by atoms with Crippen LogP contribution in [0.25, 0.3) is 0 Å². The molecule has 1 aromatic carbocycles. The quantitative estimate of drug-likeness (QED) is 0.759. The number of aliphatic imine (C=N–C) groups is 1. The molecule has 2 aromatic rings. The zero-order valence-electron chi connectivity index (χ0n) is 14.0. The van der Waals surface area contributed by atoms with Gasteiger partial charge in [-0.2, -0.15) is 0 Å². The van der Waals surface area contributed by atoms with Crippen LogP contribution in [0.3, 0.4) is 0 Å². The van der Waals surface area contributed by atoms with Crippen LogP contribution in [0, 0.1) is 12.7 Å². The van der Waals surface area contributed by atoms with Crippen LogP contribution in [0.2, 0.25) is 0 Å². The second kappa shape index (κ2) is 7.89. The van der Waals surface area contributed by atoms with Crippen LogP contribution in [0.1, 0.15) is 39.7 Å². The molecule has 0 fully saturated rings. The third-order valence-electron chi connectivity index (χ3n) is 4.18. The lowest BCUT2D eigenvalue weighted by atomic mass is 9.87. The molecule has 3 rings (SSSR count). The second-order valence-corrected chi connectivity index (χ2v) is 8.25. The van der Waals surface area contributed by atoms with E-state index in [9.17, 15) is 9.18 Å². The maximum absolute atomic E-state index is 14.4. The highest BCUT2D eigenvalue weighted by molar-refractivity contribution is 8.13. The molecule has 0 aliphatic carbocycles. The van der Waals surface area contributed by atoms with E-state index in [0.717, 1.165) is 28.2 Å². The van der Waals surface area contributed by atoms with Crippen molar-refractivity contribution < 1.29 is 9.18 Å². The third-order valence-corrected chi connectivity index (χ3v) is 6.06. The normalized spacial score (nSPS) is 19.9. The van der Waals surface area contributed by atoms with Crippen molar-refractivity contribution >= 4 is 46.5 Å². The fraction of sp³-hybridized carbons (Fsp3) is 0.333. The summed E-state index contributed by atoms with van der Waals surface area (Å²) in [4.78, 5) is 17.6. The largest absolute Gasteiger partial charge is 0.379 e. The summed E-state index contributed by atoms with van der Waals surface area (Å²) in [6, 6.07) is 6.75. The number of nitrogens with zero attached hydrogens (tertiary/aromatic N) is 1. The van der Waals surface area contributed by atoms with Crippen LogP contribution in [-0.2, 0) is 12.0 Å². The average molecular weight is 399 g/mol. The lowest BCUT2D eigenvalue weighted by molar-refractivity contribution is 0.0996. The summed E-state index contributed by atoms with van der Waals surface area (Å²) in [6.07, 6.45) is 0.980. The Morgan fingerprint density at radius 1 is 1.40 bits per heavy atom. The van der Waals surface area contributed by atoms with Gasteiger partial charge in [-0.1, -0.05) is 17.8 Å². The van der Waals surface area contributed by atoms with Crippen molar-refractivity contribution in [2.24, 2.45) is 10.7 Å². The lowest BCUT2D eigenvalue weighted by Gasteiger charge is -2.30. The molecule has 3 nitrogen and oxygen atoms in total. The first-order chi connectivity index (χ1) is 11.4. The van der Waals surface area contributed by atoms with Gasteiger partial charge in [-0.05, 0) is 55.0 Å². The van der Waals surface area contributed by atoms with E-state index < -0.39 is 5.54 Å². The lowest BCUT2D eigenvalue weighted by Crippen LogP contribution is -2.29.